The Morgan fingerprint density at radius 1 is 1.27 bits per heavy atom. The number of benzene rings is 1. The standard InChI is InChI=1S/C21H28BrNO3/c1-7-11-21(5,6)26-19(20(24)25-8-2)17-13(3)12-16-15(18(17)22)10-9-14(4)23-16/h9-10,12,19H,7-8,11H2,1-6H3/t19-/m0/s1. The van der Waals surface area contributed by atoms with Crippen molar-refractivity contribution >= 4 is 32.8 Å². The first kappa shape index (κ1) is 20.8. The number of nitrogens with zero attached hydrogens (tertiary/aromatic N) is 1. The van der Waals surface area contributed by atoms with E-state index in [1.165, 1.54) is 0 Å². The Kier molecular flexibility index (Phi) is 6.80. The van der Waals surface area contributed by atoms with Gasteiger partial charge in [0, 0.05) is 21.1 Å². The second-order valence-electron chi connectivity index (χ2n) is 7.20. The van der Waals surface area contributed by atoms with Gasteiger partial charge >= 0.3 is 5.97 Å². The highest BCUT2D eigenvalue weighted by Crippen LogP contribution is 2.38. The quantitative estimate of drug-likeness (QED) is 0.528. The Bertz CT molecular complexity index is 801. The van der Waals surface area contributed by atoms with Gasteiger partial charge in [0.1, 0.15) is 0 Å². The van der Waals surface area contributed by atoms with Crippen LogP contribution in [0.5, 0.6) is 0 Å². The number of hydrogen-bond acceptors (Lipinski definition) is 4. The number of hydrogen-bond donors (Lipinski definition) is 0. The minimum Gasteiger partial charge on any atom is -0.464 e. The van der Waals surface area contributed by atoms with Gasteiger partial charge in [0.25, 0.3) is 0 Å². The van der Waals surface area contributed by atoms with Crippen LogP contribution in [0.3, 0.4) is 0 Å². The average Bonchev–Trinajstić information content (AvgIpc) is 2.53. The van der Waals surface area contributed by atoms with E-state index in [0.717, 1.165) is 45.0 Å². The summed E-state index contributed by atoms with van der Waals surface area (Å²) < 4.78 is 12.4. The van der Waals surface area contributed by atoms with Crippen LogP contribution in [-0.2, 0) is 14.3 Å². The van der Waals surface area contributed by atoms with Crippen LogP contribution < -0.4 is 0 Å². The number of rotatable bonds is 7. The fourth-order valence-corrected chi connectivity index (χ4v) is 4.07. The largest absolute Gasteiger partial charge is 0.464 e. The number of aromatic nitrogens is 1. The van der Waals surface area contributed by atoms with Gasteiger partial charge in [-0.15, -0.1) is 0 Å². The first-order valence-corrected chi connectivity index (χ1v) is 9.90. The Balaban J connectivity index is 2.60. The minimum absolute atomic E-state index is 0.317. The average molecular weight is 422 g/mol. The predicted octanol–water partition coefficient (Wildman–Crippen LogP) is 5.81. The maximum Gasteiger partial charge on any atom is 0.340 e. The van der Waals surface area contributed by atoms with Crippen LogP contribution in [0.4, 0.5) is 0 Å². The third-order valence-corrected chi connectivity index (χ3v) is 5.22. The van der Waals surface area contributed by atoms with E-state index in [1.54, 1.807) is 6.92 Å². The first-order valence-electron chi connectivity index (χ1n) is 9.11. The smallest absolute Gasteiger partial charge is 0.340 e. The van der Waals surface area contributed by atoms with Crippen molar-refractivity contribution < 1.29 is 14.3 Å². The van der Waals surface area contributed by atoms with E-state index >= 15 is 0 Å². The molecule has 5 heteroatoms. The van der Waals surface area contributed by atoms with Gasteiger partial charge < -0.3 is 9.47 Å². The molecule has 0 amide bonds. The van der Waals surface area contributed by atoms with Crippen molar-refractivity contribution in [2.75, 3.05) is 6.61 Å². The van der Waals surface area contributed by atoms with Gasteiger partial charge in [-0.25, -0.2) is 4.79 Å². The lowest BCUT2D eigenvalue weighted by atomic mass is 9.97. The SMILES string of the molecule is CCCC(C)(C)O[C@H](C(=O)OCC)c1c(C)cc2nc(C)ccc2c1Br. The summed E-state index contributed by atoms with van der Waals surface area (Å²) in [6, 6.07) is 5.99. The normalized spacial score (nSPS) is 13.0. The zero-order valence-electron chi connectivity index (χ0n) is 16.5. The Morgan fingerprint density at radius 3 is 2.58 bits per heavy atom. The van der Waals surface area contributed by atoms with Crippen molar-refractivity contribution in [3.8, 4) is 0 Å². The van der Waals surface area contributed by atoms with Crippen LogP contribution in [0.25, 0.3) is 10.9 Å². The molecular weight excluding hydrogens is 394 g/mol. The second kappa shape index (κ2) is 8.49. The van der Waals surface area contributed by atoms with E-state index < -0.39 is 11.7 Å². The number of carbonyl (C=O) groups is 1. The Morgan fingerprint density at radius 2 is 1.96 bits per heavy atom. The number of aryl methyl sites for hydroxylation is 2. The Hall–Kier alpha value is -1.46. The second-order valence-corrected chi connectivity index (χ2v) is 7.99. The molecule has 1 heterocycles. The molecule has 0 saturated heterocycles. The highest BCUT2D eigenvalue weighted by atomic mass is 79.9. The van der Waals surface area contributed by atoms with Gasteiger partial charge in [0.05, 0.1) is 17.7 Å². The third kappa shape index (κ3) is 4.63. The van der Waals surface area contributed by atoms with E-state index in [2.05, 4.69) is 27.8 Å². The monoisotopic (exact) mass is 421 g/mol. The number of halogens is 1. The van der Waals surface area contributed by atoms with Crippen molar-refractivity contribution in [2.24, 2.45) is 0 Å². The lowest BCUT2D eigenvalue weighted by Gasteiger charge is -2.31. The number of pyridine rings is 1. The van der Waals surface area contributed by atoms with E-state index in [9.17, 15) is 4.79 Å². The Labute approximate surface area is 164 Å². The molecule has 142 valence electrons. The molecule has 1 atom stereocenters. The van der Waals surface area contributed by atoms with Crippen LogP contribution in [-0.4, -0.2) is 23.2 Å². The van der Waals surface area contributed by atoms with E-state index in [4.69, 9.17) is 9.47 Å². The van der Waals surface area contributed by atoms with E-state index in [0.29, 0.717) is 6.61 Å². The summed E-state index contributed by atoms with van der Waals surface area (Å²) in [5.41, 5.74) is 3.18. The third-order valence-electron chi connectivity index (χ3n) is 4.37. The fourth-order valence-electron chi connectivity index (χ4n) is 3.22. The summed E-state index contributed by atoms with van der Waals surface area (Å²) in [5, 5.41) is 0.961. The van der Waals surface area contributed by atoms with Crippen molar-refractivity contribution in [2.45, 2.75) is 66.1 Å². The van der Waals surface area contributed by atoms with Crippen LogP contribution in [0.2, 0.25) is 0 Å². The maximum atomic E-state index is 12.7. The molecule has 0 aliphatic heterocycles. The fraction of sp³-hybridized carbons (Fsp3) is 0.524. The van der Waals surface area contributed by atoms with E-state index in [-0.39, 0.29) is 5.97 Å². The first-order chi connectivity index (χ1) is 12.2. The summed E-state index contributed by atoms with van der Waals surface area (Å²) in [6.45, 7) is 12.2. The van der Waals surface area contributed by atoms with Gasteiger partial charge in [-0.1, -0.05) is 13.3 Å². The number of ether oxygens (including phenoxy) is 2. The molecule has 0 spiro atoms. The number of esters is 1. The molecule has 4 nitrogen and oxygen atoms in total. The molecular formula is C21H28BrNO3. The molecule has 0 aliphatic carbocycles. The lowest BCUT2D eigenvalue weighted by Crippen LogP contribution is -2.32. The molecule has 0 unspecified atom stereocenters. The maximum absolute atomic E-state index is 12.7. The topological polar surface area (TPSA) is 48.4 Å². The van der Waals surface area contributed by atoms with Gasteiger partial charge in [-0.3, -0.25) is 4.98 Å². The summed E-state index contributed by atoms with van der Waals surface area (Å²) in [6.07, 6.45) is 1.05. The van der Waals surface area contributed by atoms with Crippen LogP contribution in [0, 0.1) is 13.8 Å². The predicted molar refractivity (Wildman–Crippen MR) is 108 cm³/mol. The molecule has 2 rings (SSSR count). The van der Waals surface area contributed by atoms with E-state index in [1.807, 2.05) is 45.9 Å². The molecule has 0 radical (unpaired) electrons. The number of carbonyl (C=O) groups excluding carboxylic acids is 1. The molecule has 0 N–H and O–H groups in total. The van der Waals surface area contributed by atoms with Gasteiger partial charge in [0.2, 0.25) is 0 Å². The van der Waals surface area contributed by atoms with Gasteiger partial charge in [-0.2, -0.15) is 0 Å². The van der Waals surface area contributed by atoms with Gasteiger partial charge in [-0.05, 0) is 80.7 Å². The van der Waals surface area contributed by atoms with Gasteiger partial charge in [0.15, 0.2) is 6.10 Å². The molecule has 0 saturated carbocycles. The summed E-state index contributed by atoms with van der Waals surface area (Å²) in [7, 11) is 0. The molecule has 0 fully saturated rings. The van der Waals surface area contributed by atoms with Crippen molar-refractivity contribution in [3.05, 3.63) is 39.5 Å². The molecule has 1 aromatic carbocycles. The van der Waals surface area contributed by atoms with Crippen molar-refractivity contribution in [1.29, 1.82) is 0 Å². The number of fused-ring (bicyclic) bond motifs is 1. The molecule has 26 heavy (non-hydrogen) atoms. The molecule has 1 aromatic heterocycles. The van der Waals surface area contributed by atoms with Crippen LogP contribution in [0.15, 0.2) is 22.7 Å². The molecule has 2 aromatic rings. The zero-order valence-corrected chi connectivity index (χ0v) is 18.1. The lowest BCUT2D eigenvalue weighted by molar-refractivity contribution is -0.169. The molecule has 0 aliphatic rings. The highest BCUT2D eigenvalue weighted by Gasteiger charge is 2.33. The summed E-state index contributed by atoms with van der Waals surface area (Å²) >= 11 is 3.70. The molecule has 0 bridgehead atoms. The van der Waals surface area contributed by atoms with Crippen molar-refractivity contribution in [1.82, 2.24) is 4.98 Å². The van der Waals surface area contributed by atoms with Crippen LogP contribution in [0.1, 0.15) is 63.5 Å². The van der Waals surface area contributed by atoms with Crippen molar-refractivity contribution in [3.63, 3.8) is 0 Å². The summed E-state index contributed by atoms with van der Waals surface area (Å²) in [5.74, 6) is -0.361. The summed E-state index contributed by atoms with van der Waals surface area (Å²) in [4.78, 5) is 17.3. The zero-order chi connectivity index (χ0) is 19.5. The minimum atomic E-state index is -0.781. The highest BCUT2D eigenvalue weighted by molar-refractivity contribution is 9.10. The van der Waals surface area contributed by atoms with Crippen LogP contribution >= 0.6 is 15.9 Å².